The second-order valence-electron chi connectivity index (χ2n) is 5.32. The summed E-state index contributed by atoms with van der Waals surface area (Å²) in [6, 6.07) is 0. The van der Waals surface area contributed by atoms with Gasteiger partial charge in [-0.2, -0.15) is 0 Å². The molecule has 0 saturated heterocycles. The number of unbranched alkanes of at least 4 members (excludes halogenated alkanes) is 1. The smallest absolute Gasteiger partial charge is 0.407 e. The van der Waals surface area contributed by atoms with Crippen molar-refractivity contribution in [1.82, 2.24) is 16.0 Å². The molecule has 23 heavy (non-hydrogen) atoms. The zero-order chi connectivity index (χ0) is 17.2. The lowest BCUT2D eigenvalue weighted by Gasteiger charge is -2.13. The minimum absolute atomic E-state index is 0.0313. The fourth-order valence-corrected chi connectivity index (χ4v) is 1.91. The van der Waals surface area contributed by atoms with Crippen LogP contribution in [0.2, 0.25) is 0 Å². The van der Waals surface area contributed by atoms with Crippen molar-refractivity contribution in [2.24, 2.45) is 5.73 Å². The van der Waals surface area contributed by atoms with Crippen LogP contribution in [-0.4, -0.2) is 63.2 Å². The molecule has 0 spiro atoms. The summed E-state index contributed by atoms with van der Waals surface area (Å²) >= 11 is 0. The van der Waals surface area contributed by atoms with Crippen molar-refractivity contribution >= 4 is 6.09 Å². The van der Waals surface area contributed by atoms with E-state index in [0.717, 1.165) is 58.4 Å². The van der Waals surface area contributed by atoms with Gasteiger partial charge < -0.3 is 31.5 Å². The fourth-order valence-electron chi connectivity index (χ4n) is 1.91. The molecule has 0 rings (SSSR count). The van der Waals surface area contributed by atoms with Gasteiger partial charge in [0.05, 0.1) is 0 Å². The first-order chi connectivity index (χ1) is 11.2. The highest BCUT2D eigenvalue weighted by Gasteiger charge is 2.09. The second kappa shape index (κ2) is 17.2. The van der Waals surface area contributed by atoms with Gasteiger partial charge in [0.2, 0.25) is 0 Å². The predicted molar refractivity (Wildman–Crippen MR) is 93.4 cm³/mol. The van der Waals surface area contributed by atoms with E-state index in [1.54, 1.807) is 0 Å². The van der Waals surface area contributed by atoms with Gasteiger partial charge in [0, 0.05) is 19.6 Å². The zero-order valence-electron chi connectivity index (χ0n) is 14.2. The monoisotopic (exact) mass is 330 g/mol. The van der Waals surface area contributed by atoms with Crippen LogP contribution in [0, 0.1) is 0 Å². The van der Waals surface area contributed by atoms with E-state index in [1.807, 2.05) is 0 Å². The summed E-state index contributed by atoms with van der Waals surface area (Å²) < 4.78 is 5.08. The lowest BCUT2D eigenvalue weighted by atomic mass is 10.2. The van der Waals surface area contributed by atoms with Gasteiger partial charge >= 0.3 is 6.09 Å². The number of amides is 1. The van der Waals surface area contributed by atoms with E-state index >= 15 is 0 Å². The highest BCUT2D eigenvalue weighted by Crippen LogP contribution is 1.99. The number of aliphatic hydroxyl groups excluding tert-OH is 1. The molecular weight excluding hydrogens is 296 g/mol. The van der Waals surface area contributed by atoms with E-state index in [2.05, 4.69) is 22.5 Å². The summed E-state index contributed by atoms with van der Waals surface area (Å²) in [6.45, 7) is 8.72. The number of rotatable bonds is 16. The van der Waals surface area contributed by atoms with Crippen LogP contribution in [0.4, 0.5) is 4.79 Å². The van der Waals surface area contributed by atoms with Crippen molar-refractivity contribution < 1.29 is 14.6 Å². The number of carbonyl (C=O) groups is 1. The zero-order valence-corrected chi connectivity index (χ0v) is 14.2. The Morgan fingerprint density at radius 2 is 1.70 bits per heavy atom. The molecule has 0 aromatic heterocycles. The van der Waals surface area contributed by atoms with Crippen LogP contribution in [0.5, 0.6) is 0 Å². The lowest BCUT2D eigenvalue weighted by Crippen LogP contribution is -2.31. The molecule has 136 valence electrons. The number of aliphatic hydroxyl groups is 1. The third-order valence-electron chi connectivity index (χ3n) is 3.25. The SMILES string of the molecule is C=CC(CCO)OC(=O)NCCCNCCCCNCCCN. The average molecular weight is 330 g/mol. The van der Waals surface area contributed by atoms with Crippen molar-refractivity contribution in [3.63, 3.8) is 0 Å². The molecule has 0 fully saturated rings. The topological polar surface area (TPSA) is 109 Å². The largest absolute Gasteiger partial charge is 0.442 e. The third kappa shape index (κ3) is 15.5. The molecule has 6 N–H and O–H groups in total. The Hall–Kier alpha value is -1.15. The molecule has 0 aliphatic heterocycles. The van der Waals surface area contributed by atoms with Crippen LogP contribution in [0.15, 0.2) is 12.7 Å². The number of carbonyl (C=O) groups excluding carboxylic acids is 1. The normalized spacial score (nSPS) is 11.9. The third-order valence-corrected chi connectivity index (χ3v) is 3.25. The first kappa shape index (κ1) is 21.9. The Morgan fingerprint density at radius 1 is 1.09 bits per heavy atom. The van der Waals surface area contributed by atoms with Gasteiger partial charge in [-0.3, -0.25) is 0 Å². The molecule has 0 heterocycles. The van der Waals surface area contributed by atoms with E-state index < -0.39 is 12.2 Å². The Bertz CT molecular complexity index is 290. The number of nitrogens with two attached hydrogens (primary N) is 1. The Kier molecular flexibility index (Phi) is 16.3. The van der Waals surface area contributed by atoms with Crippen LogP contribution in [0.25, 0.3) is 0 Å². The molecule has 0 saturated carbocycles. The van der Waals surface area contributed by atoms with Crippen molar-refractivity contribution in [2.75, 3.05) is 45.9 Å². The van der Waals surface area contributed by atoms with Crippen LogP contribution in [0.1, 0.15) is 32.1 Å². The first-order valence-electron chi connectivity index (χ1n) is 8.54. The number of hydrogen-bond donors (Lipinski definition) is 5. The number of nitrogens with one attached hydrogen (secondary N) is 3. The molecule has 1 atom stereocenters. The second-order valence-corrected chi connectivity index (χ2v) is 5.32. The van der Waals surface area contributed by atoms with Gasteiger partial charge in [-0.1, -0.05) is 12.7 Å². The van der Waals surface area contributed by atoms with E-state index in [0.29, 0.717) is 13.0 Å². The van der Waals surface area contributed by atoms with Gasteiger partial charge in [-0.25, -0.2) is 4.79 Å². The average Bonchev–Trinajstić information content (AvgIpc) is 2.55. The molecule has 7 nitrogen and oxygen atoms in total. The van der Waals surface area contributed by atoms with E-state index in [9.17, 15) is 4.79 Å². The summed E-state index contributed by atoms with van der Waals surface area (Å²) in [5.74, 6) is 0. The van der Waals surface area contributed by atoms with Gasteiger partial charge in [0.1, 0.15) is 6.10 Å². The lowest BCUT2D eigenvalue weighted by molar-refractivity contribution is 0.104. The number of alkyl carbamates (subject to hydrolysis) is 1. The van der Waals surface area contributed by atoms with E-state index in [-0.39, 0.29) is 6.61 Å². The highest BCUT2D eigenvalue weighted by molar-refractivity contribution is 5.67. The quantitative estimate of drug-likeness (QED) is 0.206. The standard InChI is InChI=1S/C16H34N4O3/c1-2-15(7-14-21)23-16(22)20-13-6-12-19-10-4-3-9-18-11-5-8-17/h2,15,18-19,21H,1,3-14,17H2,(H,20,22). The fraction of sp³-hybridized carbons (Fsp3) is 0.812. The summed E-state index contributed by atoms with van der Waals surface area (Å²) in [5, 5.41) is 18.2. The van der Waals surface area contributed by atoms with Crippen molar-refractivity contribution in [3.05, 3.63) is 12.7 Å². The molecule has 0 aliphatic carbocycles. The minimum Gasteiger partial charge on any atom is -0.442 e. The van der Waals surface area contributed by atoms with Gasteiger partial charge in [-0.15, -0.1) is 0 Å². The van der Waals surface area contributed by atoms with Gasteiger partial charge in [0.25, 0.3) is 0 Å². The maximum absolute atomic E-state index is 11.5. The highest BCUT2D eigenvalue weighted by atomic mass is 16.6. The van der Waals surface area contributed by atoms with Crippen LogP contribution >= 0.6 is 0 Å². The van der Waals surface area contributed by atoms with Crippen molar-refractivity contribution in [2.45, 2.75) is 38.2 Å². The van der Waals surface area contributed by atoms with Crippen molar-refractivity contribution in [3.8, 4) is 0 Å². The van der Waals surface area contributed by atoms with Crippen LogP contribution in [-0.2, 0) is 4.74 Å². The summed E-state index contributed by atoms with van der Waals surface area (Å²) in [5.41, 5.74) is 5.41. The Balaban J connectivity index is 3.29. The van der Waals surface area contributed by atoms with Gasteiger partial charge in [0.15, 0.2) is 0 Å². The van der Waals surface area contributed by atoms with E-state index in [1.165, 1.54) is 6.08 Å². The van der Waals surface area contributed by atoms with Crippen LogP contribution in [0.3, 0.4) is 0 Å². The summed E-state index contributed by atoms with van der Waals surface area (Å²) in [4.78, 5) is 11.5. The molecule has 0 radical (unpaired) electrons. The molecule has 0 aromatic rings. The Morgan fingerprint density at radius 3 is 2.26 bits per heavy atom. The maximum atomic E-state index is 11.5. The number of ether oxygens (including phenoxy) is 1. The minimum atomic E-state index is -0.466. The first-order valence-corrected chi connectivity index (χ1v) is 8.54. The molecule has 0 bridgehead atoms. The van der Waals surface area contributed by atoms with Crippen molar-refractivity contribution in [1.29, 1.82) is 0 Å². The maximum Gasteiger partial charge on any atom is 0.407 e. The van der Waals surface area contributed by atoms with Crippen LogP contribution < -0.4 is 21.7 Å². The summed E-state index contributed by atoms with van der Waals surface area (Å²) in [6.07, 6.45) is 5.15. The van der Waals surface area contributed by atoms with Gasteiger partial charge in [-0.05, 0) is 58.4 Å². The molecule has 7 heteroatoms. The number of hydrogen-bond acceptors (Lipinski definition) is 6. The van der Waals surface area contributed by atoms with E-state index in [4.69, 9.17) is 15.6 Å². The molecular formula is C16H34N4O3. The molecule has 1 unspecified atom stereocenters. The summed E-state index contributed by atoms with van der Waals surface area (Å²) in [7, 11) is 0. The predicted octanol–water partition coefficient (Wildman–Crippen LogP) is 0.348. The molecule has 0 aromatic carbocycles. The molecule has 0 aliphatic rings. The molecule has 1 amide bonds. The Labute approximate surface area is 140 Å².